The van der Waals surface area contributed by atoms with Crippen LogP contribution in [0.5, 0.6) is 5.75 Å². The fraction of sp³-hybridized carbons (Fsp3) is 0.357. The van der Waals surface area contributed by atoms with Crippen molar-refractivity contribution in [2.45, 2.75) is 43.1 Å². The van der Waals surface area contributed by atoms with Gasteiger partial charge in [0.05, 0.1) is 12.7 Å². The number of allylic oxidation sites excluding steroid dienone is 1. The summed E-state index contributed by atoms with van der Waals surface area (Å²) in [6, 6.07) is 17.0. The zero-order valence-electron chi connectivity index (χ0n) is 21.6. The minimum atomic E-state index is -0.527. The molecule has 1 atom stereocenters. The van der Waals surface area contributed by atoms with E-state index in [0.29, 0.717) is 28.1 Å². The number of piperidine rings is 1. The summed E-state index contributed by atoms with van der Waals surface area (Å²) in [6.07, 6.45) is 3.26. The van der Waals surface area contributed by atoms with Crippen LogP contribution in [0.4, 0.5) is 5.95 Å². The van der Waals surface area contributed by atoms with Crippen molar-refractivity contribution in [1.29, 1.82) is 0 Å². The monoisotopic (exact) mass is 533 g/mol. The molecule has 3 heterocycles. The Kier molecular flexibility index (Phi) is 7.97. The number of nitrogens with zero attached hydrogens (tertiary/aromatic N) is 4. The molecule has 9 nitrogen and oxygen atoms in total. The van der Waals surface area contributed by atoms with Crippen molar-refractivity contribution in [3.8, 4) is 5.75 Å². The Hall–Kier alpha value is -3.79. The van der Waals surface area contributed by atoms with E-state index in [0.717, 1.165) is 37.2 Å². The number of aromatic nitrogens is 3. The molecule has 5 rings (SSSR count). The van der Waals surface area contributed by atoms with Gasteiger partial charge in [-0.05, 0) is 49.4 Å². The third-order valence-corrected chi connectivity index (χ3v) is 7.62. The Morgan fingerprint density at radius 2 is 1.79 bits per heavy atom. The van der Waals surface area contributed by atoms with Gasteiger partial charge in [-0.3, -0.25) is 4.79 Å². The number of amides is 1. The lowest BCUT2D eigenvalue weighted by Gasteiger charge is -2.28. The summed E-state index contributed by atoms with van der Waals surface area (Å²) >= 11 is 1.53. The molecule has 2 aliphatic heterocycles. The highest BCUT2D eigenvalue weighted by Gasteiger charge is 2.35. The van der Waals surface area contributed by atoms with E-state index >= 15 is 0 Å². The van der Waals surface area contributed by atoms with Gasteiger partial charge >= 0.3 is 5.97 Å². The van der Waals surface area contributed by atoms with Gasteiger partial charge in [0.15, 0.2) is 6.61 Å². The van der Waals surface area contributed by atoms with Crippen LogP contribution in [0.15, 0.2) is 71.0 Å². The molecule has 0 aliphatic carbocycles. The molecule has 2 aliphatic rings. The van der Waals surface area contributed by atoms with Crippen molar-refractivity contribution in [1.82, 2.24) is 19.7 Å². The number of hydrogen-bond acceptors (Lipinski definition) is 8. The molecule has 0 saturated carbocycles. The lowest BCUT2D eigenvalue weighted by atomic mass is 9.96. The molecule has 38 heavy (non-hydrogen) atoms. The lowest BCUT2D eigenvalue weighted by Crippen LogP contribution is -2.38. The van der Waals surface area contributed by atoms with Crippen LogP contribution in [0.1, 0.15) is 43.4 Å². The van der Waals surface area contributed by atoms with Crippen LogP contribution in [0.2, 0.25) is 0 Å². The third-order valence-electron chi connectivity index (χ3n) is 6.72. The molecule has 0 radical (unpaired) electrons. The van der Waals surface area contributed by atoms with Gasteiger partial charge in [0.1, 0.15) is 11.8 Å². The Morgan fingerprint density at radius 1 is 1.05 bits per heavy atom. The molecule has 1 amide bonds. The number of fused-ring (bicyclic) bond motifs is 1. The normalized spacial score (nSPS) is 17.0. The summed E-state index contributed by atoms with van der Waals surface area (Å²) in [7, 11) is 1.37. The van der Waals surface area contributed by atoms with Gasteiger partial charge in [-0.25, -0.2) is 9.48 Å². The molecule has 0 bridgehead atoms. The van der Waals surface area contributed by atoms with E-state index in [2.05, 4.69) is 22.4 Å². The molecule has 0 spiro atoms. The number of likely N-dealkylation sites (tertiary alicyclic amines) is 1. The molecule has 1 fully saturated rings. The van der Waals surface area contributed by atoms with Gasteiger partial charge in [-0.15, -0.1) is 5.10 Å². The number of hydrogen-bond donors (Lipinski definition) is 1. The summed E-state index contributed by atoms with van der Waals surface area (Å²) in [4.78, 5) is 31.8. The highest BCUT2D eigenvalue weighted by molar-refractivity contribution is 7.98. The average Bonchev–Trinajstić information content (AvgIpc) is 3.37. The van der Waals surface area contributed by atoms with Crippen molar-refractivity contribution in [2.24, 2.45) is 0 Å². The number of methoxy groups -OCH3 is 1. The number of nitrogens with one attached hydrogen (secondary N) is 1. The van der Waals surface area contributed by atoms with Crippen molar-refractivity contribution < 1.29 is 19.1 Å². The van der Waals surface area contributed by atoms with E-state index in [1.807, 2.05) is 54.3 Å². The number of anilines is 1. The number of carbonyl (C=O) groups excluding carboxylic acids is 2. The zero-order valence-corrected chi connectivity index (χ0v) is 22.4. The molecule has 198 valence electrons. The second-order valence-electron chi connectivity index (χ2n) is 9.29. The SMILES string of the molecule is COC(=O)C1=C(C)Nc2nc(SCc3ccccc3)nn2C1c1ccc(OCC(=O)N2CCCCC2)cc1. The van der Waals surface area contributed by atoms with E-state index in [-0.39, 0.29) is 12.5 Å². The van der Waals surface area contributed by atoms with Gasteiger partial charge in [0.25, 0.3) is 5.91 Å². The number of rotatable bonds is 8. The smallest absolute Gasteiger partial charge is 0.338 e. The van der Waals surface area contributed by atoms with Crippen molar-refractivity contribution >= 4 is 29.6 Å². The molecule has 3 aromatic rings. The van der Waals surface area contributed by atoms with E-state index in [4.69, 9.17) is 14.6 Å². The van der Waals surface area contributed by atoms with Crippen molar-refractivity contribution in [3.63, 3.8) is 0 Å². The number of benzene rings is 2. The van der Waals surface area contributed by atoms with Crippen LogP contribution < -0.4 is 10.1 Å². The highest BCUT2D eigenvalue weighted by atomic mass is 32.2. The first-order valence-electron chi connectivity index (χ1n) is 12.7. The molecule has 1 unspecified atom stereocenters. The fourth-order valence-corrected chi connectivity index (χ4v) is 5.51. The Labute approximate surface area is 226 Å². The first-order valence-corrected chi connectivity index (χ1v) is 13.7. The summed E-state index contributed by atoms with van der Waals surface area (Å²) in [6.45, 7) is 3.43. The highest BCUT2D eigenvalue weighted by Crippen LogP contribution is 2.37. The number of carbonyl (C=O) groups is 2. The second-order valence-corrected chi connectivity index (χ2v) is 10.2. The topological polar surface area (TPSA) is 98.6 Å². The van der Waals surface area contributed by atoms with Crippen LogP contribution in [-0.2, 0) is 20.1 Å². The van der Waals surface area contributed by atoms with Gasteiger partial charge in [0.2, 0.25) is 11.1 Å². The number of thioether (sulfide) groups is 1. The summed E-state index contributed by atoms with van der Waals surface area (Å²) < 4.78 is 12.6. The van der Waals surface area contributed by atoms with Crippen LogP contribution in [0.3, 0.4) is 0 Å². The first kappa shape index (κ1) is 25.8. The Morgan fingerprint density at radius 3 is 2.50 bits per heavy atom. The van der Waals surface area contributed by atoms with Gasteiger partial charge in [-0.2, -0.15) is 4.98 Å². The number of esters is 1. The van der Waals surface area contributed by atoms with E-state index in [1.54, 1.807) is 4.68 Å². The largest absolute Gasteiger partial charge is 0.484 e. The maximum absolute atomic E-state index is 12.8. The lowest BCUT2D eigenvalue weighted by molar-refractivity contribution is -0.136. The van der Waals surface area contributed by atoms with Crippen molar-refractivity contribution in [2.75, 3.05) is 32.1 Å². The number of ether oxygens (including phenoxy) is 2. The second kappa shape index (κ2) is 11.7. The van der Waals surface area contributed by atoms with Gasteiger partial charge in [-0.1, -0.05) is 54.2 Å². The predicted octanol–water partition coefficient (Wildman–Crippen LogP) is 4.42. The van der Waals surface area contributed by atoms with Crippen LogP contribution in [0.25, 0.3) is 0 Å². The first-order chi connectivity index (χ1) is 18.5. The molecular formula is C28H31N5O4S. The molecule has 1 saturated heterocycles. The van der Waals surface area contributed by atoms with E-state index in [9.17, 15) is 9.59 Å². The van der Waals surface area contributed by atoms with Gasteiger partial charge in [0, 0.05) is 24.5 Å². The molecule has 2 aromatic carbocycles. The zero-order chi connectivity index (χ0) is 26.5. The summed E-state index contributed by atoms with van der Waals surface area (Å²) in [5.74, 6) is 1.45. The fourth-order valence-electron chi connectivity index (χ4n) is 4.72. The summed E-state index contributed by atoms with van der Waals surface area (Å²) in [5.41, 5.74) is 3.12. The minimum absolute atomic E-state index is 0.00598. The van der Waals surface area contributed by atoms with E-state index in [1.165, 1.54) is 30.9 Å². The molecule has 1 N–H and O–H groups in total. The van der Waals surface area contributed by atoms with Crippen molar-refractivity contribution in [3.05, 3.63) is 77.0 Å². The van der Waals surface area contributed by atoms with Crippen LogP contribution >= 0.6 is 11.8 Å². The summed E-state index contributed by atoms with van der Waals surface area (Å²) in [5, 5.41) is 8.56. The quantitative estimate of drug-likeness (QED) is 0.336. The van der Waals surface area contributed by atoms with Gasteiger partial charge < -0.3 is 19.7 Å². The maximum Gasteiger partial charge on any atom is 0.338 e. The predicted molar refractivity (Wildman–Crippen MR) is 145 cm³/mol. The third kappa shape index (κ3) is 5.70. The van der Waals surface area contributed by atoms with Crippen LogP contribution in [0, 0.1) is 0 Å². The van der Waals surface area contributed by atoms with Crippen LogP contribution in [-0.4, -0.2) is 58.3 Å². The average molecular weight is 534 g/mol. The minimum Gasteiger partial charge on any atom is -0.484 e. The standard InChI is InChI=1S/C28H31N5O4S/c1-19-24(26(35)36-2)25(33-27(29-19)30-28(31-33)38-18-20-9-5-3-6-10-20)21-11-13-22(14-12-21)37-17-23(34)32-15-7-4-8-16-32/h3,5-6,9-14,25H,4,7-8,15-18H2,1-2H3,(H,29,30,31). The molecule has 10 heteroatoms. The molecule has 1 aromatic heterocycles. The Bertz CT molecular complexity index is 1320. The molecular weight excluding hydrogens is 502 g/mol. The Balaban J connectivity index is 1.35. The van der Waals surface area contributed by atoms with E-state index < -0.39 is 12.0 Å². The maximum atomic E-state index is 12.8.